The lowest BCUT2D eigenvalue weighted by Crippen LogP contribution is -2.44. The molecule has 0 aliphatic carbocycles. The van der Waals surface area contributed by atoms with Crippen LogP contribution in [0.5, 0.6) is 0 Å². The number of hydrogen-bond acceptors (Lipinski definition) is 5. The number of hydrogen-bond donors (Lipinski definition) is 1. The summed E-state index contributed by atoms with van der Waals surface area (Å²) in [5.41, 5.74) is -0.550. The number of piperidine rings is 1. The van der Waals surface area contributed by atoms with E-state index in [4.69, 9.17) is 0 Å². The molecule has 1 N–H and O–H groups in total. The first-order chi connectivity index (χ1) is 10.4. The maximum atomic E-state index is 13.9. The minimum absolute atomic E-state index is 0.181. The Labute approximate surface area is 129 Å². The maximum absolute atomic E-state index is 13.9. The lowest BCUT2D eigenvalue weighted by Gasteiger charge is -2.31. The van der Waals surface area contributed by atoms with Crippen molar-refractivity contribution in [2.24, 2.45) is 0 Å². The van der Waals surface area contributed by atoms with Gasteiger partial charge in [-0.1, -0.05) is 6.07 Å². The second-order valence-electron chi connectivity index (χ2n) is 5.11. The molecule has 1 aromatic rings. The van der Waals surface area contributed by atoms with Crippen molar-refractivity contribution in [3.8, 4) is 0 Å². The second-order valence-corrected chi connectivity index (χ2v) is 7.07. The standard InChI is InChI=1S/C14H19FN2O4S/c1-17(10-6-8-16-9-7-10)22(19,20)12-5-3-4-11(15)13(12)14(18)21-2/h3-5,10,16H,6-9H2,1-2H3. The molecule has 0 saturated carbocycles. The largest absolute Gasteiger partial charge is 0.465 e. The molecule has 1 saturated heterocycles. The molecule has 8 heteroatoms. The zero-order valence-electron chi connectivity index (χ0n) is 12.5. The van der Waals surface area contributed by atoms with Crippen molar-refractivity contribution in [1.29, 1.82) is 0 Å². The summed E-state index contributed by atoms with van der Waals surface area (Å²) in [4.78, 5) is 11.4. The van der Waals surface area contributed by atoms with Crippen LogP contribution in [0.4, 0.5) is 4.39 Å². The van der Waals surface area contributed by atoms with Crippen molar-refractivity contribution >= 4 is 16.0 Å². The summed E-state index contributed by atoms with van der Waals surface area (Å²) in [6, 6.07) is 3.35. The highest BCUT2D eigenvalue weighted by atomic mass is 32.2. The Morgan fingerprint density at radius 2 is 2.00 bits per heavy atom. The minimum Gasteiger partial charge on any atom is -0.465 e. The van der Waals surface area contributed by atoms with Crippen LogP contribution >= 0.6 is 0 Å². The molecule has 6 nitrogen and oxygen atoms in total. The third-order valence-corrected chi connectivity index (χ3v) is 5.80. The fourth-order valence-electron chi connectivity index (χ4n) is 2.54. The van der Waals surface area contributed by atoms with Gasteiger partial charge in [-0.15, -0.1) is 0 Å². The predicted octanol–water partition coefficient (Wildman–Crippen LogP) is 0.985. The second kappa shape index (κ2) is 6.72. The molecule has 2 rings (SSSR count). The van der Waals surface area contributed by atoms with E-state index in [1.165, 1.54) is 23.5 Å². The molecule has 0 bridgehead atoms. The van der Waals surface area contributed by atoms with E-state index in [9.17, 15) is 17.6 Å². The van der Waals surface area contributed by atoms with Crippen molar-refractivity contribution in [2.45, 2.75) is 23.8 Å². The van der Waals surface area contributed by atoms with Gasteiger partial charge >= 0.3 is 5.97 Å². The monoisotopic (exact) mass is 330 g/mol. The summed E-state index contributed by atoms with van der Waals surface area (Å²) in [5, 5.41) is 3.15. The van der Waals surface area contributed by atoms with E-state index >= 15 is 0 Å². The van der Waals surface area contributed by atoms with Gasteiger partial charge < -0.3 is 10.1 Å². The Hall–Kier alpha value is -1.51. The van der Waals surface area contributed by atoms with Gasteiger partial charge in [-0.2, -0.15) is 4.31 Å². The highest BCUT2D eigenvalue weighted by Crippen LogP contribution is 2.25. The van der Waals surface area contributed by atoms with Gasteiger partial charge in [0, 0.05) is 13.1 Å². The molecule has 1 aliphatic heterocycles. The van der Waals surface area contributed by atoms with E-state index in [0.717, 1.165) is 26.3 Å². The molecule has 0 amide bonds. The van der Waals surface area contributed by atoms with Crippen LogP contribution in [-0.2, 0) is 14.8 Å². The normalized spacial score (nSPS) is 16.7. The predicted molar refractivity (Wildman–Crippen MR) is 78.6 cm³/mol. The number of methoxy groups -OCH3 is 1. The first kappa shape index (κ1) is 16.9. The molecule has 22 heavy (non-hydrogen) atoms. The van der Waals surface area contributed by atoms with Crippen LogP contribution in [0.2, 0.25) is 0 Å². The third-order valence-electron chi connectivity index (χ3n) is 3.84. The fraction of sp³-hybridized carbons (Fsp3) is 0.500. The van der Waals surface area contributed by atoms with Crippen LogP contribution in [0.1, 0.15) is 23.2 Å². The Morgan fingerprint density at radius 3 is 2.59 bits per heavy atom. The number of benzene rings is 1. The summed E-state index contributed by atoms with van der Waals surface area (Å²) < 4.78 is 45.2. The van der Waals surface area contributed by atoms with Gasteiger partial charge in [0.05, 0.1) is 12.0 Å². The highest BCUT2D eigenvalue weighted by Gasteiger charge is 2.33. The summed E-state index contributed by atoms with van der Waals surface area (Å²) in [5.74, 6) is -1.91. The third kappa shape index (κ3) is 3.13. The Morgan fingerprint density at radius 1 is 1.36 bits per heavy atom. The van der Waals surface area contributed by atoms with Crippen molar-refractivity contribution in [1.82, 2.24) is 9.62 Å². The van der Waals surface area contributed by atoms with Crippen LogP contribution in [0.15, 0.2) is 23.1 Å². The van der Waals surface area contributed by atoms with E-state index in [-0.39, 0.29) is 10.9 Å². The van der Waals surface area contributed by atoms with Gasteiger partial charge in [0.15, 0.2) is 0 Å². The van der Waals surface area contributed by atoms with E-state index in [0.29, 0.717) is 12.8 Å². The molecule has 0 atom stereocenters. The summed E-state index contributed by atoms with van der Waals surface area (Å²) in [6.07, 6.45) is 1.33. The molecular formula is C14H19FN2O4S. The van der Waals surface area contributed by atoms with Crippen LogP contribution in [0.25, 0.3) is 0 Å². The SMILES string of the molecule is COC(=O)c1c(F)cccc1S(=O)(=O)N(C)C1CCNCC1. The van der Waals surface area contributed by atoms with E-state index in [1.54, 1.807) is 0 Å². The number of rotatable bonds is 4. The molecule has 0 radical (unpaired) electrons. The quantitative estimate of drug-likeness (QED) is 0.833. The number of ether oxygens (including phenoxy) is 1. The van der Waals surface area contributed by atoms with Crippen LogP contribution in [0, 0.1) is 5.82 Å². The average molecular weight is 330 g/mol. The average Bonchev–Trinajstić information content (AvgIpc) is 2.54. The topological polar surface area (TPSA) is 75.7 Å². The van der Waals surface area contributed by atoms with Crippen molar-refractivity contribution in [3.63, 3.8) is 0 Å². The number of esters is 1. The highest BCUT2D eigenvalue weighted by molar-refractivity contribution is 7.89. The van der Waals surface area contributed by atoms with Gasteiger partial charge in [0.25, 0.3) is 0 Å². The minimum atomic E-state index is -3.98. The number of halogens is 1. The molecular weight excluding hydrogens is 311 g/mol. The maximum Gasteiger partial charge on any atom is 0.342 e. The zero-order valence-corrected chi connectivity index (χ0v) is 13.3. The number of carbonyl (C=O) groups is 1. The van der Waals surface area contributed by atoms with Crippen LogP contribution in [0.3, 0.4) is 0 Å². The Bertz CT molecular complexity index is 657. The van der Waals surface area contributed by atoms with Gasteiger partial charge in [-0.05, 0) is 38.1 Å². The first-order valence-electron chi connectivity index (χ1n) is 6.95. The fourth-order valence-corrected chi connectivity index (χ4v) is 4.14. The Kier molecular flexibility index (Phi) is 5.15. The molecule has 1 aromatic carbocycles. The molecule has 122 valence electrons. The molecule has 1 fully saturated rings. The van der Waals surface area contributed by atoms with Crippen LogP contribution < -0.4 is 5.32 Å². The molecule has 0 spiro atoms. The van der Waals surface area contributed by atoms with Crippen LogP contribution in [-0.4, -0.2) is 52.0 Å². The van der Waals surface area contributed by atoms with Crippen molar-refractivity contribution in [2.75, 3.05) is 27.2 Å². The zero-order chi connectivity index (χ0) is 16.3. The van der Waals surface area contributed by atoms with E-state index in [1.807, 2.05) is 0 Å². The first-order valence-corrected chi connectivity index (χ1v) is 8.39. The van der Waals surface area contributed by atoms with E-state index < -0.39 is 27.4 Å². The molecule has 1 heterocycles. The van der Waals surface area contributed by atoms with Gasteiger partial charge in [-0.25, -0.2) is 17.6 Å². The van der Waals surface area contributed by atoms with Crippen molar-refractivity contribution < 1.29 is 22.3 Å². The summed E-state index contributed by atoms with van der Waals surface area (Å²) in [7, 11) is -1.44. The lowest BCUT2D eigenvalue weighted by atomic mass is 10.1. The summed E-state index contributed by atoms with van der Waals surface area (Å²) in [6.45, 7) is 1.44. The number of carbonyl (C=O) groups excluding carboxylic acids is 1. The van der Waals surface area contributed by atoms with Gasteiger partial charge in [0.1, 0.15) is 11.4 Å². The number of nitrogens with one attached hydrogen (secondary N) is 1. The van der Waals surface area contributed by atoms with Gasteiger partial charge in [0.2, 0.25) is 10.0 Å². The van der Waals surface area contributed by atoms with Gasteiger partial charge in [-0.3, -0.25) is 0 Å². The summed E-state index contributed by atoms with van der Waals surface area (Å²) >= 11 is 0. The molecule has 0 unspecified atom stereocenters. The molecule has 1 aliphatic rings. The lowest BCUT2D eigenvalue weighted by molar-refractivity contribution is 0.0590. The van der Waals surface area contributed by atoms with Crippen molar-refractivity contribution in [3.05, 3.63) is 29.6 Å². The Balaban J connectivity index is 2.45. The smallest absolute Gasteiger partial charge is 0.342 e. The van der Waals surface area contributed by atoms with E-state index in [2.05, 4.69) is 10.1 Å². The number of nitrogens with zero attached hydrogens (tertiary/aromatic N) is 1. The number of sulfonamides is 1. The molecule has 0 aromatic heterocycles.